The van der Waals surface area contributed by atoms with Crippen molar-refractivity contribution in [3.63, 3.8) is 0 Å². The summed E-state index contributed by atoms with van der Waals surface area (Å²) in [4.78, 5) is 0. The summed E-state index contributed by atoms with van der Waals surface area (Å²) in [5.74, 6) is -0.0759. The van der Waals surface area contributed by atoms with Crippen molar-refractivity contribution in [1.82, 2.24) is 0 Å². The van der Waals surface area contributed by atoms with Crippen molar-refractivity contribution in [3.8, 4) is 5.75 Å². The highest BCUT2D eigenvalue weighted by Crippen LogP contribution is 2.64. The Hall–Kier alpha value is -0.800. The van der Waals surface area contributed by atoms with Gasteiger partial charge in [0.1, 0.15) is 4.33 Å². The van der Waals surface area contributed by atoms with E-state index < -0.39 is 16.0 Å². The van der Waals surface area contributed by atoms with Gasteiger partial charge in [-0.25, -0.2) is 4.39 Å². The normalized spacial score (nSPS) is 31.2. The molecule has 0 atom stereocenters. The van der Waals surface area contributed by atoms with E-state index in [1.165, 1.54) is 31.3 Å². The number of ether oxygens (including phenoxy) is 1. The third kappa shape index (κ3) is 4.96. The van der Waals surface area contributed by atoms with Gasteiger partial charge in [-0.2, -0.15) is 4.39 Å². The molecule has 0 aromatic heterocycles. The van der Waals surface area contributed by atoms with Crippen molar-refractivity contribution in [1.29, 1.82) is 0 Å². The maximum atomic E-state index is 14.6. The third-order valence-corrected chi connectivity index (χ3v) is 9.90. The minimum Gasteiger partial charge on any atom is -0.491 e. The monoisotopic (exact) mass is 498 g/mol. The van der Waals surface area contributed by atoms with Crippen LogP contribution >= 0.6 is 23.2 Å². The van der Waals surface area contributed by atoms with E-state index >= 15 is 0 Å². The van der Waals surface area contributed by atoms with E-state index in [1.807, 2.05) is 0 Å². The first kappa shape index (κ1) is 25.3. The summed E-state index contributed by atoms with van der Waals surface area (Å²) in [6, 6.07) is 3.27. The number of hydrogen-bond acceptors (Lipinski definition) is 1. The molecule has 2 saturated carbocycles. The molecule has 0 heterocycles. The third-order valence-electron chi connectivity index (χ3n) is 8.66. The first-order chi connectivity index (χ1) is 15.8. The molecule has 1 nitrogen and oxygen atoms in total. The fraction of sp³-hybridized carbons (Fsp3) is 0.714. The molecule has 0 unspecified atom stereocenters. The summed E-state index contributed by atoms with van der Waals surface area (Å²) < 4.78 is 33.4. The van der Waals surface area contributed by atoms with Crippen LogP contribution in [0.5, 0.6) is 5.75 Å². The van der Waals surface area contributed by atoms with E-state index in [4.69, 9.17) is 27.9 Å². The molecule has 5 heteroatoms. The molecule has 3 aliphatic carbocycles. The first-order valence-corrected chi connectivity index (χ1v) is 13.8. The second-order valence-corrected chi connectivity index (χ2v) is 11.9. The predicted molar refractivity (Wildman–Crippen MR) is 133 cm³/mol. The van der Waals surface area contributed by atoms with Gasteiger partial charge in [-0.3, -0.25) is 0 Å². The van der Waals surface area contributed by atoms with E-state index in [2.05, 4.69) is 13.0 Å². The second-order valence-electron chi connectivity index (χ2n) is 10.6. The fourth-order valence-electron chi connectivity index (χ4n) is 6.58. The topological polar surface area (TPSA) is 9.23 Å². The Balaban J connectivity index is 1.28. The highest BCUT2D eigenvalue weighted by molar-refractivity contribution is 6.52. The van der Waals surface area contributed by atoms with Crippen LogP contribution in [-0.4, -0.2) is 10.9 Å². The Morgan fingerprint density at radius 2 is 1.58 bits per heavy atom. The smallest absolute Gasteiger partial charge is 0.200 e. The van der Waals surface area contributed by atoms with Gasteiger partial charge in [0, 0.05) is 5.41 Å². The Morgan fingerprint density at radius 3 is 2.18 bits per heavy atom. The van der Waals surface area contributed by atoms with Gasteiger partial charge < -0.3 is 4.74 Å². The summed E-state index contributed by atoms with van der Waals surface area (Å²) >= 11 is 13.9. The number of halogens is 4. The molecule has 1 aromatic carbocycles. The minimum absolute atomic E-state index is 0.00321. The van der Waals surface area contributed by atoms with Gasteiger partial charge in [0.05, 0.1) is 6.61 Å². The zero-order valence-electron chi connectivity index (χ0n) is 20.1. The number of hydrogen-bond donors (Lipinski definition) is 0. The van der Waals surface area contributed by atoms with E-state index in [1.54, 1.807) is 19.1 Å². The highest BCUT2D eigenvalue weighted by Gasteiger charge is 2.57. The molecular formula is C28H38Cl2F2O. The standard InChI is InChI=1S/C28H38Cl2F2O/c1-3-5-19-14-16-27(17-15-19)18-22(28(27,29)30)11-8-20-6-9-21(10-7-20)23-12-13-24(33-4-2)26(32)25(23)31/h12-13,18-21H,3-11,14-17H2,1-2H3. The van der Waals surface area contributed by atoms with E-state index in [0.717, 1.165) is 57.3 Å². The number of benzene rings is 1. The zero-order valence-corrected chi connectivity index (χ0v) is 21.6. The van der Waals surface area contributed by atoms with E-state index in [0.29, 0.717) is 18.1 Å². The number of alkyl halides is 2. The van der Waals surface area contributed by atoms with Crippen LogP contribution in [0.4, 0.5) is 8.78 Å². The van der Waals surface area contributed by atoms with Crippen LogP contribution < -0.4 is 4.74 Å². The van der Waals surface area contributed by atoms with Crippen molar-refractivity contribution in [2.45, 2.75) is 101 Å². The van der Waals surface area contributed by atoms with Crippen LogP contribution in [0.3, 0.4) is 0 Å². The average molecular weight is 500 g/mol. The predicted octanol–water partition coefficient (Wildman–Crippen LogP) is 9.51. The lowest BCUT2D eigenvalue weighted by Crippen LogP contribution is -2.50. The summed E-state index contributed by atoms with van der Waals surface area (Å²) in [5.41, 5.74) is 1.70. The van der Waals surface area contributed by atoms with Crippen LogP contribution in [0, 0.1) is 28.9 Å². The van der Waals surface area contributed by atoms with Crippen LogP contribution in [-0.2, 0) is 0 Å². The average Bonchev–Trinajstić information content (AvgIpc) is 2.81. The Bertz CT molecular complexity index is 850. The first-order valence-electron chi connectivity index (χ1n) is 13.0. The molecule has 1 spiro atoms. The van der Waals surface area contributed by atoms with E-state index in [-0.39, 0.29) is 17.1 Å². The molecule has 184 valence electrons. The molecule has 0 aliphatic heterocycles. The van der Waals surface area contributed by atoms with Crippen molar-refractivity contribution in [2.24, 2.45) is 17.3 Å². The van der Waals surface area contributed by atoms with Gasteiger partial charge in [-0.1, -0.05) is 55.1 Å². The van der Waals surface area contributed by atoms with Crippen molar-refractivity contribution in [3.05, 3.63) is 41.0 Å². The van der Waals surface area contributed by atoms with Gasteiger partial charge in [0.15, 0.2) is 11.6 Å². The SMILES string of the molecule is CCCC1CCC2(C=C(CCC3CCC(c4ccc(OCC)c(F)c4F)CC3)C2(Cl)Cl)CC1. The number of rotatable bonds is 8. The molecule has 33 heavy (non-hydrogen) atoms. The highest BCUT2D eigenvalue weighted by atomic mass is 35.5. The Morgan fingerprint density at radius 1 is 0.909 bits per heavy atom. The van der Waals surface area contributed by atoms with Crippen molar-refractivity contribution >= 4 is 23.2 Å². The van der Waals surface area contributed by atoms with Crippen molar-refractivity contribution in [2.75, 3.05) is 6.61 Å². The van der Waals surface area contributed by atoms with Gasteiger partial charge in [-0.15, -0.1) is 0 Å². The molecule has 1 aromatic rings. The van der Waals surface area contributed by atoms with E-state index in [9.17, 15) is 8.78 Å². The fourth-order valence-corrected chi connectivity index (χ4v) is 7.37. The lowest BCUT2D eigenvalue weighted by Gasteiger charge is -2.54. The molecule has 0 N–H and O–H groups in total. The molecular weight excluding hydrogens is 461 g/mol. The molecule has 3 aliphatic rings. The molecule has 0 saturated heterocycles. The lowest BCUT2D eigenvalue weighted by molar-refractivity contribution is 0.157. The second kappa shape index (κ2) is 10.4. The van der Waals surface area contributed by atoms with Gasteiger partial charge in [0.25, 0.3) is 0 Å². The van der Waals surface area contributed by atoms with Crippen molar-refractivity contribution < 1.29 is 13.5 Å². The largest absolute Gasteiger partial charge is 0.491 e. The zero-order chi connectivity index (χ0) is 23.6. The Kier molecular flexibility index (Phi) is 8.01. The maximum Gasteiger partial charge on any atom is 0.200 e. The summed E-state index contributed by atoms with van der Waals surface area (Å²) in [5, 5.41) is 0. The molecule has 0 bridgehead atoms. The Labute approximate surface area is 208 Å². The number of allylic oxidation sites excluding steroid dienone is 2. The summed E-state index contributed by atoms with van der Waals surface area (Å²) in [7, 11) is 0. The molecule has 0 radical (unpaired) electrons. The lowest BCUT2D eigenvalue weighted by atomic mass is 9.59. The minimum atomic E-state index is -0.855. The summed E-state index contributed by atoms with van der Waals surface area (Å²) in [6.45, 7) is 4.35. The van der Waals surface area contributed by atoms with Crippen LogP contribution in [0.1, 0.15) is 102 Å². The van der Waals surface area contributed by atoms with Crippen LogP contribution in [0.15, 0.2) is 23.8 Å². The van der Waals surface area contributed by atoms with Crippen LogP contribution in [0.25, 0.3) is 0 Å². The maximum absolute atomic E-state index is 14.6. The van der Waals surface area contributed by atoms with Crippen LogP contribution in [0.2, 0.25) is 0 Å². The molecule has 2 fully saturated rings. The molecule has 4 rings (SSSR count). The quantitative estimate of drug-likeness (QED) is 0.256. The van der Waals surface area contributed by atoms with Gasteiger partial charge in [0.2, 0.25) is 5.82 Å². The summed E-state index contributed by atoms with van der Waals surface area (Å²) in [6.07, 6.45) is 15.6. The molecule has 0 amide bonds. The van der Waals surface area contributed by atoms with Gasteiger partial charge in [-0.05, 0) is 106 Å². The van der Waals surface area contributed by atoms with Gasteiger partial charge >= 0.3 is 0 Å².